The Morgan fingerprint density at radius 2 is 2.62 bits per heavy atom. The van der Waals surface area contributed by atoms with Gasteiger partial charge in [-0.3, -0.25) is 9.63 Å². The summed E-state index contributed by atoms with van der Waals surface area (Å²) in [7, 11) is 0. The number of hydroxylamine groups is 1. The molecule has 1 saturated heterocycles. The molecule has 1 saturated carbocycles. The third-order valence-electron chi connectivity index (χ3n) is 2.96. The Morgan fingerprint density at radius 1 is 1.77 bits per heavy atom. The van der Waals surface area contributed by atoms with Crippen LogP contribution in [-0.2, 0) is 14.4 Å². The Morgan fingerprint density at radius 3 is 3.23 bits per heavy atom. The van der Waals surface area contributed by atoms with Crippen LogP contribution in [0.2, 0.25) is 0 Å². The third kappa shape index (κ3) is 1.56. The minimum Gasteiger partial charge on any atom is -0.381 e. The first kappa shape index (κ1) is 8.97. The van der Waals surface area contributed by atoms with Crippen LogP contribution in [0.25, 0.3) is 0 Å². The molecule has 0 aromatic carbocycles. The van der Waals surface area contributed by atoms with E-state index in [1.165, 1.54) is 0 Å². The summed E-state index contributed by atoms with van der Waals surface area (Å²) in [5.74, 6) is 0.147. The maximum Gasteiger partial charge on any atom is 0.247 e. The minimum absolute atomic E-state index is 0.0207. The van der Waals surface area contributed by atoms with E-state index in [0.29, 0.717) is 6.61 Å². The van der Waals surface area contributed by atoms with E-state index < -0.39 is 0 Å². The first-order valence-corrected chi connectivity index (χ1v) is 4.78. The Bertz CT molecular complexity index is 211. The van der Waals surface area contributed by atoms with Gasteiger partial charge >= 0.3 is 0 Å². The maximum atomic E-state index is 11.4. The van der Waals surface area contributed by atoms with Gasteiger partial charge in [0.25, 0.3) is 0 Å². The molecule has 0 aromatic heterocycles. The van der Waals surface area contributed by atoms with Crippen molar-refractivity contribution >= 4 is 5.91 Å². The number of carbonyl (C=O) groups is 1. The van der Waals surface area contributed by atoms with Gasteiger partial charge < -0.3 is 4.74 Å². The molecule has 1 heterocycles. The molecule has 13 heavy (non-hydrogen) atoms. The number of ether oxygens (including phenoxy) is 1. The molecule has 2 rings (SSSR count). The highest BCUT2D eigenvalue weighted by molar-refractivity contribution is 5.81. The lowest BCUT2D eigenvalue weighted by Crippen LogP contribution is -2.27. The van der Waals surface area contributed by atoms with Gasteiger partial charge in [0.15, 0.2) is 0 Å². The van der Waals surface area contributed by atoms with Crippen molar-refractivity contribution in [1.82, 2.24) is 5.48 Å². The van der Waals surface area contributed by atoms with Crippen LogP contribution in [-0.4, -0.2) is 25.7 Å². The van der Waals surface area contributed by atoms with Crippen LogP contribution in [0.5, 0.6) is 0 Å². The summed E-state index contributed by atoms with van der Waals surface area (Å²) in [5, 5.41) is 0. The van der Waals surface area contributed by atoms with Gasteiger partial charge in [-0.2, -0.15) is 0 Å². The topological polar surface area (TPSA) is 47.6 Å². The van der Waals surface area contributed by atoms with Crippen LogP contribution in [0, 0.1) is 11.3 Å². The van der Waals surface area contributed by atoms with Gasteiger partial charge in [-0.25, -0.2) is 5.48 Å². The van der Waals surface area contributed by atoms with Gasteiger partial charge in [-0.1, -0.05) is 0 Å². The van der Waals surface area contributed by atoms with Crippen LogP contribution >= 0.6 is 0 Å². The molecule has 0 aromatic rings. The second-order valence-electron chi connectivity index (χ2n) is 3.82. The van der Waals surface area contributed by atoms with Gasteiger partial charge in [0, 0.05) is 17.9 Å². The maximum absolute atomic E-state index is 11.4. The molecule has 1 aliphatic heterocycles. The summed E-state index contributed by atoms with van der Waals surface area (Å²) in [6.07, 6.45) is 1.99. The molecule has 2 unspecified atom stereocenters. The van der Waals surface area contributed by atoms with Crippen molar-refractivity contribution in [3.63, 3.8) is 0 Å². The van der Waals surface area contributed by atoms with E-state index in [9.17, 15) is 4.79 Å². The number of rotatable bonds is 3. The largest absolute Gasteiger partial charge is 0.381 e. The van der Waals surface area contributed by atoms with Crippen LogP contribution in [0.3, 0.4) is 0 Å². The third-order valence-corrected chi connectivity index (χ3v) is 2.96. The smallest absolute Gasteiger partial charge is 0.247 e. The SMILES string of the molecule is CCONC(=O)C1CC12CCOC2. The summed E-state index contributed by atoms with van der Waals surface area (Å²) in [6.45, 7) is 3.92. The van der Waals surface area contributed by atoms with Gasteiger partial charge in [0.05, 0.1) is 13.2 Å². The van der Waals surface area contributed by atoms with Crippen LogP contribution in [0.15, 0.2) is 0 Å². The number of carbonyl (C=O) groups excluding carboxylic acids is 1. The normalized spacial score (nSPS) is 36.5. The quantitative estimate of drug-likeness (QED) is 0.650. The molecule has 4 nitrogen and oxygen atoms in total. The molecule has 1 spiro atoms. The molecule has 2 fully saturated rings. The molecule has 1 aliphatic carbocycles. The highest BCUT2D eigenvalue weighted by Crippen LogP contribution is 2.57. The molecule has 2 atom stereocenters. The average molecular weight is 185 g/mol. The molecular weight excluding hydrogens is 170 g/mol. The van der Waals surface area contributed by atoms with E-state index in [2.05, 4.69) is 5.48 Å². The zero-order valence-corrected chi connectivity index (χ0v) is 7.84. The fraction of sp³-hybridized carbons (Fsp3) is 0.889. The second-order valence-corrected chi connectivity index (χ2v) is 3.82. The monoisotopic (exact) mass is 185 g/mol. The van der Waals surface area contributed by atoms with Gasteiger partial charge in [-0.15, -0.1) is 0 Å². The predicted molar refractivity (Wildman–Crippen MR) is 45.7 cm³/mol. The summed E-state index contributed by atoms with van der Waals surface area (Å²) in [6, 6.07) is 0. The fourth-order valence-corrected chi connectivity index (χ4v) is 1.99. The molecule has 2 aliphatic rings. The molecule has 74 valence electrons. The average Bonchev–Trinajstić information content (AvgIpc) is 2.61. The molecule has 1 amide bonds. The fourth-order valence-electron chi connectivity index (χ4n) is 1.99. The van der Waals surface area contributed by atoms with Crippen molar-refractivity contribution < 1.29 is 14.4 Å². The number of hydrogen-bond acceptors (Lipinski definition) is 3. The molecular formula is C9H15NO3. The zero-order valence-electron chi connectivity index (χ0n) is 7.84. The van der Waals surface area contributed by atoms with Crippen molar-refractivity contribution in [2.24, 2.45) is 11.3 Å². The lowest BCUT2D eigenvalue weighted by Gasteiger charge is -2.06. The van der Waals surface area contributed by atoms with Gasteiger partial charge in [-0.05, 0) is 19.8 Å². The Balaban J connectivity index is 1.81. The number of hydrogen-bond donors (Lipinski definition) is 1. The molecule has 1 N–H and O–H groups in total. The standard InChI is InChI=1S/C9H15NO3/c1-2-13-10-8(11)7-5-9(7)3-4-12-6-9/h7H,2-6H2,1H3,(H,10,11). The summed E-state index contributed by atoms with van der Waals surface area (Å²) < 4.78 is 5.29. The predicted octanol–water partition coefficient (Wildman–Crippen LogP) is 0.481. The first-order valence-electron chi connectivity index (χ1n) is 4.78. The van der Waals surface area contributed by atoms with E-state index in [4.69, 9.17) is 9.57 Å². The van der Waals surface area contributed by atoms with Crippen molar-refractivity contribution in [2.45, 2.75) is 19.8 Å². The highest BCUT2D eigenvalue weighted by Gasteiger charge is 2.59. The van der Waals surface area contributed by atoms with Crippen molar-refractivity contribution in [3.8, 4) is 0 Å². The molecule has 0 radical (unpaired) electrons. The first-order chi connectivity index (χ1) is 6.28. The Labute approximate surface area is 77.5 Å². The Hall–Kier alpha value is -0.610. The number of amides is 1. The van der Waals surface area contributed by atoms with Crippen LogP contribution in [0.1, 0.15) is 19.8 Å². The van der Waals surface area contributed by atoms with Crippen molar-refractivity contribution in [1.29, 1.82) is 0 Å². The highest BCUT2D eigenvalue weighted by atomic mass is 16.6. The van der Waals surface area contributed by atoms with E-state index in [0.717, 1.165) is 26.1 Å². The van der Waals surface area contributed by atoms with Gasteiger partial charge in [0.2, 0.25) is 5.91 Å². The van der Waals surface area contributed by atoms with Crippen LogP contribution < -0.4 is 5.48 Å². The lowest BCUT2D eigenvalue weighted by atomic mass is 10.0. The lowest BCUT2D eigenvalue weighted by molar-refractivity contribution is -0.135. The second kappa shape index (κ2) is 3.27. The van der Waals surface area contributed by atoms with E-state index >= 15 is 0 Å². The van der Waals surface area contributed by atoms with Crippen LogP contribution in [0.4, 0.5) is 0 Å². The summed E-state index contributed by atoms with van der Waals surface area (Å²) >= 11 is 0. The molecule has 4 heteroatoms. The van der Waals surface area contributed by atoms with Gasteiger partial charge in [0.1, 0.15) is 0 Å². The van der Waals surface area contributed by atoms with E-state index in [1.54, 1.807) is 0 Å². The summed E-state index contributed by atoms with van der Waals surface area (Å²) in [5.41, 5.74) is 2.62. The number of nitrogens with one attached hydrogen (secondary N) is 1. The van der Waals surface area contributed by atoms with Crippen molar-refractivity contribution in [2.75, 3.05) is 19.8 Å². The van der Waals surface area contributed by atoms with Crippen molar-refractivity contribution in [3.05, 3.63) is 0 Å². The summed E-state index contributed by atoms with van der Waals surface area (Å²) in [4.78, 5) is 16.3. The minimum atomic E-state index is 0.0207. The Kier molecular flexibility index (Phi) is 2.26. The molecule has 0 bridgehead atoms. The van der Waals surface area contributed by atoms with E-state index in [1.807, 2.05) is 6.92 Å². The van der Waals surface area contributed by atoms with E-state index in [-0.39, 0.29) is 17.2 Å². The zero-order chi connectivity index (χ0) is 9.31.